The Labute approximate surface area is 98.5 Å². The zero-order valence-corrected chi connectivity index (χ0v) is 9.73. The molecule has 0 saturated heterocycles. The van der Waals surface area contributed by atoms with Gasteiger partial charge in [0.15, 0.2) is 6.29 Å². The number of hydrogen-bond acceptors (Lipinski definition) is 2. The molecule has 0 radical (unpaired) electrons. The molecule has 17 heavy (non-hydrogen) atoms. The van der Waals surface area contributed by atoms with Crippen molar-refractivity contribution in [2.45, 2.75) is 20.4 Å². The Hall–Kier alpha value is -2.10. The first-order chi connectivity index (χ1) is 8.11. The van der Waals surface area contributed by atoms with Crippen LogP contribution in [0.15, 0.2) is 18.2 Å². The van der Waals surface area contributed by atoms with Gasteiger partial charge in [-0.05, 0) is 19.9 Å². The van der Waals surface area contributed by atoms with Crippen LogP contribution < -0.4 is 0 Å². The Bertz CT molecular complexity index is 611. The number of benzene rings is 1. The van der Waals surface area contributed by atoms with E-state index in [0.29, 0.717) is 23.0 Å². The number of aromatic carboxylic acids is 1. The van der Waals surface area contributed by atoms with Crippen molar-refractivity contribution in [3.8, 4) is 0 Å². The number of hydrogen-bond donors (Lipinski definition) is 1. The number of para-hydroxylation sites is 1. The molecule has 4 heteroatoms. The Kier molecular flexibility index (Phi) is 2.71. The van der Waals surface area contributed by atoms with Crippen LogP contribution >= 0.6 is 0 Å². The smallest absolute Gasteiger partial charge is 0.337 e. The summed E-state index contributed by atoms with van der Waals surface area (Å²) in [7, 11) is 0. The molecule has 4 nitrogen and oxygen atoms in total. The number of nitrogens with zero attached hydrogens (tertiary/aromatic N) is 1. The summed E-state index contributed by atoms with van der Waals surface area (Å²) >= 11 is 0. The molecule has 88 valence electrons. The van der Waals surface area contributed by atoms with E-state index in [2.05, 4.69) is 0 Å². The predicted octanol–water partition coefficient (Wildman–Crippen LogP) is 2.48. The molecule has 1 aromatic carbocycles. The molecule has 0 spiro atoms. The number of carboxylic acid groups (broad SMARTS) is 1. The van der Waals surface area contributed by atoms with Crippen LogP contribution in [0.25, 0.3) is 10.9 Å². The van der Waals surface area contributed by atoms with Crippen molar-refractivity contribution in [1.29, 1.82) is 0 Å². The van der Waals surface area contributed by atoms with Crippen LogP contribution in [-0.4, -0.2) is 21.9 Å². The van der Waals surface area contributed by atoms with Crippen molar-refractivity contribution in [1.82, 2.24) is 4.57 Å². The number of aldehydes is 1. The highest BCUT2D eigenvalue weighted by molar-refractivity contribution is 6.08. The fraction of sp³-hybridized carbons (Fsp3) is 0.231. The van der Waals surface area contributed by atoms with Crippen molar-refractivity contribution in [3.05, 3.63) is 35.0 Å². The van der Waals surface area contributed by atoms with Crippen molar-refractivity contribution >= 4 is 23.2 Å². The number of fused-ring (bicyclic) bond motifs is 1. The highest BCUT2D eigenvalue weighted by atomic mass is 16.4. The van der Waals surface area contributed by atoms with Gasteiger partial charge in [0.2, 0.25) is 0 Å². The van der Waals surface area contributed by atoms with E-state index in [4.69, 9.17) is 0 Å². The van der Waals surface area contributed by atoms with Crippen LogP contribution in [0.1, 0.15) is 33.3 Å². The Morgan fingerprint density at radius 1 is 1.47 bits per heavy atom. The molecule has 1 N–H and O–H groups in total. The summed E-state index contributed by atoms with van der Waals surface area (Å²) in [4.78, 5) is 22.3. The van der Waals surface area contributed by atoms with E-state index in [0.717, 1.165) is 12.0 Å². The van der Waals surface area contributed by atoms with Crippen LogP contribution in [0.4, 0.5) is 0 Å². The van der Waals surface area contributed by atoms with Crippen LogP contribution in [0.2, 0.25) is 0 Å². The lowest BCUT2D eigenvalue weighted by Gasteiger charge is -2.06. The van der Waals surface area contributed by atoms with E-state index >= 15 is 0 Å². The Morgan fingerprint density at radius 3 is 2.71 bits per heavy atom. The summed E-state index contributed by atoms with van der Waals surface area (Å²) < 4.78 is 1.86. The summed E-state index contributed by atoms with van der Waals surface area (Å²) in [6.45, 7) is 4.40. The molecule has 1 heterocycles. The number of carbonyl (C=O) groups is 2. The molecule has 0 fully saturated rings. The maximum Gasteiger partial charge on any atom is 0.337 e. The molecular formula is C13H13NO3. The number of carbonyl (C=O) groups excluding carboxylic acids is 1. The normalized spacial score (nSPS) is 10.7. The zero-order chi connectivity index (χ0) is 12.6. The lowest BCUT2D eigenvalue weighted by atomic mass is 10.1. The van der Waals surface area contributed by atoms with Gasteiger partial charge in [0, 0.05) is 23.2 Å². The first-order valence-electron chi connectivity index (χ1n) is 5.42. The Morgan fingerprint density at radius 2 is 2.18 bits per heavy atom. The second-order valence-corrected chi connectivity index (χ2v) is 3.87. The molecule has 0 aliphatic heterocycles. The highest BCUT2D eigenvalue weighted by Gasteiger charge is 2.18. The summed E-state index contributed by atoms with van der Waals surface area (Å²) in [5.74, 6) is -0.972. The lowest BCUT2D eigenvalue weighted by Crippen LogP contribution is -2.03. The molecule has 1 aromatic heterocycles. The summed E-state index contributed by atoms with van der Waals surface area (Å²) in [6, 6.07) is 5.01. The highest BCUT2D eigenvalue weighted by Crippen LogP contribution is 2.27. The van der Waals surface area contributed by atoms with E-state index in [9.17, 15) is 14.7 Å². The first-order valence-corrected chi connectivity index (χ1v) is 5.42. The van der Waals surface area contributed by atoms with Crippen LogP contribution in [-0.2, 0) is 6.54 Å². The van der Waals surface area contributed by atoms with Crippen molar-refractivity contribution in [2.24, 2.45) is 0 Å². The third-order valence-electron chi connectivity index (χ3n) is 3.06. The molecule has 2 aromatic rings. The van der Waals surface area contributed by atoms with Crippen molar-refractivity contribution in [3.63, 3.8) is 0 Å². The maximum atomic E-state index is 11.2. The van der Waals surface area contributed by atoms with E-state index in [-0.39, 0.29) is 5.56 Å². The summed E-state index contributed by atoms with van der Waals surface area (Å²) in [6.07, 6.45) is 0.787. The molecule has 0 saturated carbocycles. The second-order valence-electron chi connectivity index (χ2n) is 3.87. The van der Waals surface area contributed by atoms with E-state index in [1.54, 1.807) is 18.2 Å². The van der Waals surface area contributed by atoms with Gasteiger partial charge in [-0.25, -0.2) is 4.79 Å². The number of carboxylic acids is 1. The third-order valence-corrected chi connectivity index (χ3v) is 3.06. The molecule has 0 unspecified atom stereocenters. The fourth-order valence-corrected chi connectivity index (χ4v) is 2.28. The average Bonchev–Trinajstić information content (AvgIpc) is 2.59. The van der Waals surface area contributed by atoms with Crippen LogP contribution in [0.5, 0.6) is 0 Å². The van der Waals surface area contributed by atoms with Gasteiger partial charge in [-0.3, -0.25) is 4.79 Å². The number of aryl methyl sites for hydroxylation is 1. The SMILES string of the molecule is CCn1c(C)c(C=O)c2cccc(C(=O)O)c21. The van der Waals surface area contributed by atoms with Gasteiger partial charge in [0.05, 0.1) is 11.1 Å². The minimum atomic E-state index is -0.972. The van der Waals surface area contributed by atoms with Gasteiger partial charge in [0.1, 0.15) is 0 Å². The minimum absolute atomic E-state index is 0.237. The van der Waals surface area contributed by atoms with Crippen molar-refractivity contribution < 1.29 is 14.7 Å². The van der Waals surface area contributed by atoms with Crippen LogP contribution in [0, 0.1) is 6.92 Å². The molecular weight excluding hydrogens is 218 g/mol. The largest absolute Gasteiger partial charge is 0.478 e. The summed E-state index contributed by atoms with van der Waals surface area (Å²) in [5, 5.41) is 9.88. The zero-order valence-electron chi connectivity index (χ0n) is 9.73. The second kappa shape index (κ2) is 4.05. The standard InChI is InChI=1S/C13H13NO3/c1-3-14-8(2)11(7-15)9-5-4-6-10(12(9)14)13(16)17/h4-7H,3H2,1-2H3,(H,16,17). The van der Waals surface area contributed by atoms with Gasteiger partial charge in [-0.1, -0.05) is 12.1 Å². The maximum absolute atomic E-state index is 11.2. The van der Waals surface area contributed by atoms with Gasteiger partial charge >= 0.3 is 5.97 Å². The Balaban J connectivity index is 2.99. The first kappa shape index (κ1) is 11.4. The lowest BCUT2D eigenvalue weighted by molar-refractivity contribution is 0.0698. The topological polar surface area (TPSA) is 59.3 Å². The van der Waals surface area contributed by atoms with E-state index < -0.39 is 5.97 Å². The predicted molar refractivity (Wildman–Crippen MR) is 64.7 cm³/mol. The number of rotatable bonds is 3. The minimum Gasteiger partial charge on any atom is -0.478 e. The van der Waals surface area contributed by atoms with E-state index in [1.165, 1.54) is 0 Å². The molecule has 0 amide bonds. The monoisotopic (exact) mass is 231 g/mol. The average molecular weight is 231 g/mol. The molecule has 0 aliphatic carbocycles. The fourth-order valence-electron chi connectivity index (χ4n) is 2.28. The number of aromatic nitrogens is 1. The van der Waals surface area contributed by atoms with E-state index in [1.807, 2.05) is 18.4 Å². The van der Waals surface area contributed by atoms with Gasteiger partial charge in [0.25, 0.3) is 0 Å². The third kappa shape index (κ3) is 1.53. The van der Waals surface area contributed by atoms with Gasteiger partial charge < -0.3 is 9.67 Å². The van der Waals surface area contributed by atoms with Crippen molar-refractivity contribution in [2.75, 3.05) is 0 Å². The van der Waals surface area contributed by atoms with Crippen LogP contribution in [0.3, 0.4) is 0 Å². The quantitative estimate of drug-likeness (QED) is 0.825. The van der Waals surface area contributed by atoms with Gasteiger partial charge in [-0.2, -0.15) is 0 Å². The molecule has 0 atom stereocenters. The molecule has 0 aliphatic rings. The summed E-state index contributed by atoms with van der Waals surface area (Å²) in [5.41, 5.74) is 2.25. The van der Waals surface area contributed by atoms with Gasteiger partial charge in [-0.15, -0.1) is 0 Å². The molecule has 0 bridgehead atoms. The molecule has 2 rings (SSSR count).